The molecule has 10 heteroatoms. The Hall–Kier alpha value is -4.51. The number of rotatable bonds is 8. The van der Waals surface area contributed by atoms with Crippen LogP contribution in [-0.4, -0.2) is 34.3 Å². The van der Waals surface area contributed by atoms with Gasteiger partial charge in [-0.2, -0.15) is 0 Å². The predicted octanol–water partition coefficient (Wildman–Crippen LogP) is 7.98. The van der Waals surface area contributed by atoms with Gasteiger partial charge in [-0.05, 0) is 37.1 Å². The van der Waals surface area contributed by atoms with Crippen LogP contribution in [-0.2, 0) is 9.53 Å². The summed E-state index contributed by atoms with van der Waals surface area (Å²) in [6, 6.07) is 26.9. The van der Waals surface area contributed by atoms with Gasteiger partial charge in [0, 0.05) is 21.4 Å². The fourth-order valence-corrected chi connectivity index (χ4v) is 7.86. The van der Waals surface area contributed by atoms with Crippen molar-refractivity contribution < 1.29 is 14.3 Å². The Morgan fingerprint density at radius 3 is 2.30 bits per heavy atom. The fourth-order valence-electron chi connectivity index (χ4n) is 4.99. The number of anilines is 1. The second-order valence-electron chi connectivity index (χ2n) is 10.00. The number of carbonyl (C=O) groups excluding carboxylic acids is 2. The smallest absolute Gasteiger partial charge is 0.341 e. The number of esters is 1. The van der Waals surface area contributed by atoms with Gasteiger partial charge in [0.25, 0.3) is 5.56 Å². The highest BCUT2D eigenvalue weighted by Gasteiger charge is 2.24. The van der Waals surface area contributed by atoms with E-state index >= 15 is 0 Å². The Kier molecular flexibility index (Phi) is 8.47. The number of thiophene rings is 2. The van der Waals surface area contributed by atoms with Gasteiger partial charge >= 0.3 is 5.97 Å². The van der Waals surface area contributed by atoms with Crippen molar-refractivity contribution in [1.29, 1.82) is 0 Å². The van der Waals surface area contributed by atoms with Crippen LogP contribution in [0.5, 0.6) is 0 Å². The average molecular weight is 638 g/mol. The van der Waals surface area contributed by atoms with Gasteiger partial charge in [0.05, 0.1) is 23.9 Å². The molecule has 0 saturated heterocycles. The zero-order valence-electron chi connectivity index (χ0n) is 24.1. The van der Waals surface area contributed by atoms with Crippen LogP contribution in [0.25, 0.3) is 38.2 Å². The molecule has 3 aromatic heterocycles. The van der Waals surface area contributed by atoms with Gasteiger partial charge in [0.15, 0.2) is 5.16 Å². The van der Waals surface area contributed by atoms with E-state index in [-0.39, 0.29) is 17.2 Å². The number of hydrogen-bond donors (Lipinski definition) is 1. The number of carbonyl (C=O) groups is 2. The number of para-hydroxylation sites is 1. The van der Waals surface area contributed by atoms with E-state index in [0.29, 0.717) is 37.2 Å². The maximum Gasteiger partial charge on any atom is 0.341 e. The third kappa shape index (κ3) is 5.71. The molecule has 3 heterocycles. The number of benzene rings is 3. The Morgan fingerprint density at radius 1 is 0.932 bits per heavy atom. The number of aryl methyl sites for hydroxylation is 2. The molecule has 0 aliphatic heterocycles. The van der Waals surface area contributed by atoms with Crippen molar-refractivity contribution in [3.8, 4) is 27.9 Å². The molecule has 0 aliphatic carbocycles. The van der Waals surface area contributed by atoms with Gasteiger partial charge in [0.2, 0.25) is 5.91 Å². The average Bonchev–Trinajstić information content (AvgIpc) is 3.61. The van der Waals surface area contributed by atoms with Crippen LogP contribution >= 0.6 is 34.4 Å². The van der Waals surface area contributed by atoms with E-state index in [1.807, 2.05) is 104 Å². The highest BCUT2D eigenvalue weighted by atomic mass is 32.2. The lowest BCUT2D eigenvalue weighted by Crippen LogP contribution is -2.23. The van der Waals surface area contributed by atoms with Crippen molar-refractivity contribution >= 4 is 61.5 Å². The Balaban J connectivity index is 1.35. The van der Waals surface area contributed by atoms with Crippen molar-refractivity contribution in [2.24, 2.45) is 0 Å². The maximum atomic E-state index is 14.2. The second-order valence-corrected chi connectivity index (χ2v) is 13.0. The van der Waals surface area contributed by atoms with Crippen LogP contribution in [0.15, 0.2) is 100 Å². The molecule has 1 N–H and O–H groups in total. The molecule has 7 nitrogen and oxygen atoms in total. The van der Waals surface area contributed by atoms with Crippen LogP contribution in [0, 0.1) is 13.8 Å². The molecule has 0 spiro atoms. The lowest BCUT2D eigenvalue weighted by Gasteiger charge is -2.13. The van der Waals surface area contributed by atoms with Gasteiger partial charge in [-0.3, -0.25) is 14.2 Å². The van der Waals surface area contributed by atoms with Crippen LogP contribution in [0.3, 0.4) is 0 Å². The number of nitrogens with zero attached hydrogens (tertiary/aromatic N) is 2. The molecule has 0 atom stereocenters. The molecular weight excluding hydrogens is 611 g/mol. The van der Waals surface area contributed by atoms with E-state index in [2.05, 4.69) is 5.32 Å². The summed E-state index contributed by atoms with van der Waals surface area (Å²) in [5.41, 5.74) is 5.29. The largest absolute Gasteiger partial charge is 0.465 e. The summed E-state index contributed by atoms with van der Waals surface area (Å²) >= 11 is 3.90. The Labute approximate surface area is 266 Å². The van der Waals surface area contributed by atoms with Crippen molar-refractivity contribution in [1.82, 2.24) is 9.55 Å². The minimum atomic E-state index is -0.532. The Bertz CT molecular complexity index is 2050. The first-order valence-electron chi connectivity index (χ1n) is 13.7. The molecule has 44 heavy (non-hydrogen) atoms. The second kappa shape index (κ2) is 12.6. The summed E-state index contributed by atoms with van der Waals surface area (Å²) in [5, 5.41) is 6.08. The van der Waals surface area contributed by atoms with E-state index in [0.717, 1.165) is 27.1 Å². The third-order valence-corrected chi connectivity index (χ3v) is 9.91. The third-order valence-electron chi connectivity index (χ3n) is 7.08. The molecule has 220 valence electrons. The van der Waals surface area contributed by atoms with E-state index < -0.39 is 5.97 Å². The fraction of sp³-hybridized carbons (Fsp3) is 0.118. The van der Waals surface area contributed by atoms with Crippen molar-refractivity contribution in [3.63, 3.8) is 0 Å². The summed E-state index contributed by atoms with van der Waals surface area (Å²) in [5.74, 6) is -0.895. The predicted molar refractivity (Wildman–Crippen MR) is 181 cm³/mol. The molecule has 0 saturated carbocycles. The van der Waals surface area contributed by atoms with E-state index in [4.69, 9.17) is 9.72 Å². The number of hydrogen-bond acceptors (Lipinski definition) is 8. The molecule has 6 rings (SSSR count). The van der Waals surface area contributed by atoms with Crippen LogP contribution in [0.2, 0.25) is 0 Å². The highest BCUT2D eigenvalue weighted by Crippen LogP contribution is 2.38. The zero-order valence-corrected chi connectivity index (χ0v) is 26.6. The first-order valence-corrected chi connectivity index (χ1v) is 16.4. The summed E-state index contributed by atoms with van der Waals surface area (Å²) < 4.78 is 6.61. The van der Waals surface area contributed by atoms with Gasteiger partial charge in [-0.15, -0.1) is 22.7 Å². The molecule has 1 amide bonds. The van der Waals surface area contributed by atoms with Gasteiger partial charge in [0.1, 0.15) is 15.4 Å². The van der Waals surface area contributed by atoms with E-state index in [1.165, 1.54) is 41.5 Å². The standard InChI is InChI=1S/C34H27N3O4S3/c1-20-14-16-23(17-15-20)27-21(2)44-31-29(27)32(39)37(24-12-8-5-9-13-24)34(36-31)43-19-26(38)35-30-28(33(40)41-3)25(18-42-30)22-10-6-4-7-11-22/h4-18H,19H2,1-3H3,(H,35,38). The number of fused-ring (bicyclic) bond motifs is 1. The maximum absolute atomic E-state index is 14.2. The lowest BCUT2D eigenvalue weighted by molar-refractivity contribution is -0.113. The molecular formula is C34H27N3O4S3. The molecule has 3 aromatic carbocycles. The van der Waals surface area contributed by atoms with Crippen LogP contribution in [0.4, 0.5) is 5.00 Å². The normalized spacial score (nSPS) is 11.1. The number of nitrogens with one attached hydrogen (secondary N) is 1. The van der Waals surface area contributed by atoms with E-state index in [9.17, 15) is 14.4 Å². The number of amides is 1. The molecule has 0 unspecified atom stereocenters. The van der Waals surface area contributed by atoms with Crippen molar-refractivity contribution in [2.45, 2.75) is 19.0 Å². The molecule has 0 radical (unpaired) electrons. The molecule has 0 fully saturated rings. The molecule has 0 aliphatic rings. The summed E-state index contributed by atoms with van der Waals surface area (Å²) in [6.45, 7) is 4.03. The first-order chi connectivity index (χ1) is 21.4. The number of thioether (sulfide) groups is 1. The summed E-state index contributed by atoms with van der Waals surface area (Å²) in [7, 11) is 1.32. The van der Waals surface area contributed by atoms with Crippen molar-refractivity contribution in [3.05, 3.63) is 117 Å². The van der Waals surface area contributed by atoms with Gasteiger partial charge < -0.3 is 10.1 Å². The summed E-state index contributed by atoms with van der Waals surface area (Å²) in [6.07, 6.45) is 0. The van der Waals surface area contributed by atoms with Gasteiger partial charge in [-0.1, -0.05) is 90.1 Å². The quantitative estimate of drug-likeness (QED) is 0.103. The SMILES string of the molecule is COC(=O)c1c(-c2ccccc2)csc1NC(=O)CSc1nc2sc(C)c(-c3ccc(C)cc3)c2c(=O)n1-c1ccccc1. The molecule has 6 aromatic rings. The minimum absolute atomic E-state index is 0.0286. The number of ether oxygens (including phenoxy) is 1. The minimum Gasteiger partial charge on any atom is -0.465 e. The van der Waals surface area contributed by atoms with Crippen LogP contribution < -0.4 is 10.9 Å². The number of methoxy groups -OCH3 is 1. The Morgan fingerprint density at radius 2 is 1.61 bits per heavy atom. The monoisotopic (exact) mass is 637 g/mol. The van der Waals surface area contributed by atoms with E-state index in [1.54, 1.807) is 4.57 Å². The topological polar surface area (TPSA) is 90.3 Å². The highest BCUT2D eigenvalue weighted by molar-refractivity contribution is 7.99. The van der Waals surface area contributed by atoms with Crippen LogP contribution in [0.1, 0.15) is 20.8 Å². The van der Waals surface area contributed by atoms with Crippen molar-refractivity contribution in [2.75, 3.05) is 18.2 Å². The van der Waals surface area contributed by atoms with Gasteiger partial charge in [-0.25, -0.2) is 9.78 Å². The number of aromatic nitrogens is 2. The zero-order chi connectivity index (χ0) is 30.8. The first kappa shape index (κ1) is 29.6. The molecule has 0 bridgehead atoms. The lowest BCUT2D eigenvalue weighted by atomic mass is 10.0. The summed E-state index contributed by atoms with van der Waals surface area (Å²) in [4.78, 5) is 46.8.